The van der Waals surface area contributed by atoms with E-state index in [0.29, 0.717) is 0 Å². The predicted octanol–water partition coefficient (Wildman–Crippen LogP) is 2.71. The third-order valence-electron chi connectivity index (χ3n) is 4.15. The van der Waals surface area contributed by atoms with E-state index in [-0.39, 0.29) is 18.8 Å². The van der Waals surface area contributed by atoms with Crippen LogP contribution < -0.4 is 4.90 Å². The molecular weight excluding hydrogens is 288 g/mol. The van der Waals surface area contributed by atoms with Crippen LogP contribution in [0.3, 0.4) is 0 Å². The molecule has 0 aliphatic carbocycles. The largest absolute Gasteiger partial charge is 0.481 e. The number of hydrogen-bond acceptors (Lipinski definition) is 3. The second kappa shape index (κ2) is 8.25. The number of aryl methyl sites for hydroxylation is 1. The lowest BCUT2D eigenvalue weighted by molar-refractivity contribution is -0.137. The first kappa shape index (κ1) is 17.8. The van der Waals surface area contributed by atoms with Gasteiger partial charge in [0.1, 0.15) is 0 Å². The van der Waals surface area contributed by atoms with E-state index >= 15 is 0 Å². The Hall–Kier alpha value is -1.26. The average molecular weight is 313 g/mol. The highest BCUT2D eigenvalue weighted by atomic mass is 35.5. The van der Waals surface area contributed by atoms with Crippen molar-refractivity contribution >= 4 is 24.1 Å². The Labute approximate surface area is 133 Å². The standard InChI is InChI=1S/C16H24N2O2.ClH/c1-13-5-3-6-15(14(13)2)18-11-9-17(10-12-18)8-4-7-16(19)20;/h3,5-6H,4,7-12H2,1-2H3,(H,19,20);1H. The van der Waals surface area contributed by atoms with Crippen LogP contribution in [-0.2, 0) is 4.79 Å². The van der Waals surface area contributed by atoms with Gasteiger partial charge in [0.15, 0.2) is 0 Å². The third-order valence-corrected chi connectivity index (χ3v) is 4.15. The van der Waals surface area contributed by atoms with Gasteiger partial charge in [-0.2, -0.15) is 0 Å². The molecule has 1 N–H and O–H groups in total. The van der Waals surface area contributed by atoms with Crippen molar-refractivity contribution in [2.75, 3.05) is 37.6 Å². The van der Waals surface area contributed by atoms with Crippen LogP contribution in [0.15, 0.2) is 18.2 Å². The molecule has 118 valence electrons. The third kappa shape index (κ3) is 4.90. The number of anilines is 1. The van der Waals surface area contributed by atoms with Crippen LogP contribution in [0, 0.1) is 13.8 Å². The van der Waals surface area contributed by atoms with Gasteiger partial charge in [-0.1, -0.05) is 12.1 Å². The fourth-order valence-electron chi connectivity index (χ4n) is 2.74. The maximum Gasteiger partial charge on any atom is 0.303 e. The zero-order valence-electron chi connectivity index (χ0n) is 12.8. The molecule has 0 radical (unpaired) electrons. The van der Waals surface area contributed by atoms with E-state index in [9.17, 15) is 4.79 Å². The summed E-state index contributed by atoms with van der Waals surface area (Å²) < 4.78 is 0. The molecule has 0 saturated carbocycles. The first-order valence-corrected chi connectivity index (χ1v) is 7.33. The number of carboxylic acid groups (broad SMARTS) is 1. The molecule has 1 aliphatic heterocycles. The Morgan fingerprint density at radius 3 is 2.48 bits per heavy atom. The zero-order chi connectivity index (χ0) is 14.5. The van der Waals surface area contributed by atoms with Crippen molar-refractivity contribution in [3.63, 3.8) is 0 Å². The number of rotatable bonds is 5. The quantitative estimate of drug-likeness (QED) is 0.908. The fraction of sp³-hybridized carbons (Fsp3) is 0.562. The van der Waals surface area contributed by atoms with Crippen molar-refractivity contribution in [2.24, 2.45) is 0 Å². The second-order valence-corrected chi connectivity index (χ2v) is 5.55. The molecule has 5 heteroatoms. The summed E-state index contributed by atoms with van der Waals surface area (Å²) in [6.45, 7) is 9.33. The van der Waals surface area contributed by atoms with E-state index in [1.165, 1.54) is 16.8 Å². The summed E-state index contributed by atoms with van der Waals surface area (Å²) in [7, 11) is 0. The average Bonchev–Trinajstić information content (AvgIpc) is 2.42. The monoisotopic (exact) mass is 312 g/mol. The van der Waals surface area contributed by atoms with Crippen molar-refractivity contribution in [1.29, 1.82) is 0 Å². The molecule has 1 fully saturated rings. The summed E-state index contributed by atoms with van der Waals surface area (Å²) in [6.07, 6.45) is 1.02. The minimum atomic E-state index is -0.695. The summed E-state index contributed by atoms with van der Waals surface area (Å²) in [5.74, 6) is -0.695. The summed E-state index contributed by atoms with van der Waals surface area (Å²) in [5, 5.41) is 8.66. The molecule has 0 unspecified atom stereocenters. The molecule has 0 aromatic heterocycles. The highest BCUT2D eigenvalue weighted by molar-refractivity contribution is 5.85. The molecule has 4 nitrogen and oxygen atoms in total. The number of piperazine rings is 1. The van der Waals surface area contributed by atoms with E-state index in [2.05, 4.69) is 41.8 Å². The Balaban J connectivity index is 0.00000220. The predicted molar refractivity (Wildman–Crippen MR) is 88.7 cm³/mol. The van der Waals surface area contributed by atoms with Gasteiger partial charge in [-0.15, -0.1) is 12.4 Å². The van der Waals surface area contributed by atoms with Crippen LogP contribution in [0.1, 0.15) is 24.0 Å². The second-order valence-electron chi connectivity index (χ2n) is 5.55. The summed E-state index contributed by atoms with van der Waals surface area (Å²) in [5.41, 5.74) is 4.05. The van der Waals surface area contributed by atoms with Gasteiger partial charge in [0.25, 0.3) is 0 Å². The smallest absolute Gasteiger partial charge is 0.303 e. The van der Waals surface area contributed by atoms with Crippen LogP contribution in [-0.4, -0.2) is 48.7 Å². The highest BCUT2D eigenvalue weighted by Crippen LogP contribution is 2.23. The molecule has 0 amide bonds. The van der Waals surface area contributed by atoms with Gasteiger partial charge in [-0.3, -0.25) is 9.69 Å². The van der Waals surface area contributed by atoms with Gasteiger partial charge in [-0.25, -0.2) is 0 Å². The maximum atomic E-state index is 10.5. The minimum Gasteiger partial charge on any atom is -0.481 e. The van der Waals surface area contributed by atoms with Gasteiger partial charge >= 0.3 is 5.97 Å². The van der Waals surface area contributed by atoms with E-state index in [4.69, 9.17) is 5.11 Å². The Kier molecular flexibility index (Phi) is 6.99. The molecule has 1 aromatic rings. The molecule has 0 bridgehead atoms. The molecule has 0 spiro atoms. The summed E-state index contributed by atoms with van der Waals surface area (Å²) in [6, 6.07) is 6.47. The Morgan fingerprint density at radius 2 is 1.86 bits per heavy atom. The number of carboxylic acids is 1. The first-order valence-electron chi connectivity index (χ1n) is 7.33. The lowest BCUT2D eigenvalue weighted by Crippen LogP contribution is -2.46. The maximum absolute atomic E-state index is 10.5. The number of halogens is 1. The van der Waals surface area contributed by atoms with Crippen molar-refractivity contribution in [3.8, 4) is 0 Å². The van der Waals surface area contributed by atoms with Crippen molar-refractivity contribution < 1.29 is 9.90 Å². The van der Waals surface area contributed by atoms with Crippen molar-refractivity contribution in [1.82, 2.24) is 4.90 Å². The fourth-order valence-corrected chi connectivity index (χ4v) is 2.74. The molecule has 21 heavy (non-hydrogen) atoms. The Morgan fingerprint density at radius 1 is 1.19 bits per heavy atom. The van der Waals surface area contributed by atoms with Gasteiger partial charge in [0, 0.05) is 38.3 Å². The molecule has 1 aromatic carbocycles. The van der Waals surface area contributed by atoms with Crippen LogP contribution in [0.25, 0.3) is 0 Å². The number of aliphatic carboxylic acids is 1. The normalized spacial score (nSPS) is 15.6. The van der Waals surface area contributed by atoms with Gasteiger partial charge < -0.3 is 10.0 Å². The summed E-state index contributed by atoms with van der Waals surface area (Å²) in [4.78, 5) is 15.3. The number of carbonyl (C=O) groups is 1. The van der Waals surface area contributed by atoms with Gasteiger partial charge in [0.2, 0.25) is 0 Å². The summed E-state index contributed by atoms with van der Waals surface area (Å²) >= 11 is 0. The van der Waals surface area contributed by atoms with E-state index < -0.39 is 5.97 Å². The van der Waals surface area contributed by atoms with E-state index in [1.807, 2.05) is 0 Å². The Bertz CT molecular complexity index is 471. The highest BCUT2D eigenvalue weighted by Gasteiger charge is 2.18. The number of hydrogen-bond donors (Lipinski definition) is 1. The van der Waals surface area contributed by atoms with Gasteiger partial charge in [0.05, 0.1) is 0 Å². The topological polar surface area (TPSA) is 43.8 Å². The molecule has 2 rings (SSSR count). The zero-order valence-corrected chi connectivity index (χ0v) is 13.7. The van der Waals surface area contributed by atoms with Crippen LogP contribution in [0.5, 0.6) is 0 Å². The number of nitrogens with zero attached hydrogens (tertiary/aromatic N) is 2. The van der Waals surface area contributed by atoms with Crippen molar-refractivity contribution in [2.45, 2.75) is 26.7 Å². The van der Waals surface area contributed by atoms with E-state index in [0.717, 1.165) is 39.1 Å². The lowest BCUT2D eigenvalue weighted by Gasteiger charge is -2.37. The molecule has 1 aliphatic rings. The van der Waals surface area contributed by atoms with Crippen LogP contribution in [0.2, 0.25) is 0 Å². The molecule has 0 atom stereocenters. The first-order chi connectivity index (χ1) is 9.58. The molecular formula is C16H25ClN2O2. The van der Waals surface area contributed by atoms with Crippen molar-refractivity contribution in [3.05, 3.63) is 29.3 Å². The van der Waals surface area contributed by atoms with Crippen LogP contribution >= 0.6 is 12.4 Å². The lowest BCUT2D eigenvalue weighted by atomic mass is 10.1. The molecule has 1 saturated heterocycles. The number of benzene rings is 1. The van der Waals surface area contributed by atoms with Gasteiger partial charge in [-0.05, 0) is 44.0 Å². The molecule has 1 heterocycles. The van der Waals surface area contributed by atoms with E-state index in [1.54, 1.807) is 0 Å². The SMILES string of the molecule is Cc1cccc(N2CCN(CCCC(=O)O)CC2)c1C.Cl. The van der Waals surface area contributed by atoms with Crippen LogP contribution in [0.4, 0.5) is 5.69 Å². The minimum absolute atomic E-state index is 0.